The highest BCUT2D eigenvalue weighted by molar-refractivity contribution is 5.72. The van der Waals surface area contributed by atoms with Crippen LogP contribution in [0.2, 0.25) is 0 Å². The third-order valence-electron chi connectivity index (χ3n) is 3.37. The van der Waals surface area contributed by atoms with E-state index in [2.05, 4.69) is 6.58 Å². The van der Waals surface area contributed by atoms with Crippen LogP contribution >= 0.6 is 0 Å². The van der Waals surface area contributed by atoms with Gasteiger partial charge >= 0.3 is 5.97 Å². The summed E-state index contributed by atoms with van der Waals surface area (Å²) >= 11 is 0. The first-order valence-corrected chi connectivity index (χ1v) is 6.69. The van der Waals surface area contributed by atoms with Crippen LogP contribution in [-0.2, 0) is 14.3 Å². The third kappa shape index (κ3) is 4.78. The van der Waals surface area contributed by atoms with Crippen LogP contribution in [0, 0.1) is 5.92 Å². The molecule has 1 saturated carbocycles. The number of aliphatic hydroxyl groups is 1. The van der Waals surface area contributed by atoms with Crippen LogP contribution in [0.15, 0.2) is 12.7 Å². The number of carbonyl (C=O) groups is 1. The van der Waals surface area contributed by atoms with E-state index in [4.69, 9.17) is 9.47 Å². The first kappa shape index (κ1) is 15.2. The average Bonchev–Trinajstić information content (AvgIpc) is 2.36. The highest BCUT2D eigenvalue weighted by Crippen LogP contribution is 2.33. The number of esters is 1. The summed E-state index contributed by atoms with van der Waals surface area (Å²) in [7, 11) is 0. The number of rotatable bonds is 7. The van der Waals surface area contributed by atoms with Gasteiger partial charge in [0.2, 0.25) is 0 Å². The SMILES string of the molecule is C=CCCOCC1(O)CCC(C(=O)OCC)CC1. The van der Waals surface area contributed by atoms with Crippen molar-refractivity contribution in [3.8, 4) is 0 Å². The van der Waals surface area contributed by atoms with E-state index in [-0.39, 0.29) is 11.9 Å². The molecule has 0 aromatic carbocycles. The summed E-state index contributed by atoms with van der Waals surface area (Å²) in [4.78, 5) is 11.6. The van der Waals surface area contributed by atoms with Crippen LogP contribution in [0.4, 0.5) is 0 Å². The van der Waals surface area contributed by atoms with Gasteiger partial charge in [0.15, 0.2) is 0 Å². The van der Waals surface area contributed by atoms with Gasteiger partial charge in [-0.05, 0) is 39.0 Å². The topological polar surface area (TPSA) is 55.8 Å². The molecule has 0 aromatic heterocycles. The molecule has 0 spiro atoms. The Morgan fingerprint density at radius 1 is 1.50 bits per heavy atom. The van der Waals surface area contributed by atoms with Crippen molar-refractivity contribution in [3.63, 3.8) is 0 Å². The third-order valence-corrected chi connectivity index (χ3v) is 3.37. The van der Waals surface area contributed by atoms with Crippen LogP contribution < -0.4 is 0 Å². The second-order valence-corrected chi connectivity index (χ2v) is 4.88. The van der Waals surface area contributed by atoms with Crippen molar-refractivity contribution >= 4 is 5.97 Å². The van der Waals surface area contributed by atoms with Crippen molar-refractivity contribution in [2.75, 3.05) is 19.8 Å². The molecule has 0 radical (unpaired) electrons. The molecule has 0 bridgehead atoms. The molecular weight excluding hydrogens is 232 g/mol. The summed E-state index contributed by atoms with van der Waals surface area (Å²) in [6.45, 7) is 6.78. The second kappa shape index (κ2) is 7.54. The Kier molecular flexibility index (Phi) is 6.36. The van der Waals surface area contributed by atoms with Crippen molar-refractivity contribution in [1.29, 1.82) is 0 Å². The minimum Gasteiger partial charge on any atom is -0.466 e. The standard InChI is InChI=1S/C14H24O4/c1-3-5-10-17-11-14(16)8-6-12(7-9-14)13(15)18-4-2/h3,12,16H,1,4-11H2,2H3. The van der Waals surface area contributed by atoms with Crippen molar-refractivity contribution in [2.24, 2.45) is 5.92 Å². The Bertz CT molecular complexity index is 267. The molecule has 1 fully saturated rings. The van der Waals surface area contributed by atoms with Gasteiger partial charge in [-0.15, -0.1) is 6.58 Å². The van der Waals surface area contributed by atoms with Gasteiger partial charge in [0, 0.05) is 0 Å². The quantitative estimate of drug-likeness (QED) is 0.430. The van der Waals surface area contributed by atoms with Crippen molar-refractivity contribution in [1.82, 2.24) is 0 Å². The monoisotopic (exact) mass is 256 g/mol. The van der Waals surface area contributed by atoms with Crippen LogP contribution in [0.3, 0.4) is 0 Å². The van der Waals surface area contributed by atoms with Gasteiger partial charge in [0.1, 0.15) is 0 Å². The molecular formula is C14H24O4. The molecule has 0 unspecified atom stereocenters. The fraction of sp³-hybridized carbons (Fsp3) is 0.786. The predicted molar refractivity (Wildman–Crippen MR) is 69.2 cm³/mol. The molecule has 0 amide bonds. The lowest BCUT2D eigenvalue weighted by molar-refractivity contribution is -0.152. The Morgan fingerprint density at radius 3 is 2.72 bits per heavy atom. The second-order valence-electron chi connectivity index (χ2n) is 4.88. The van der Waals surface area contributed by atoms with Crippen molar-refractivity contribution in [3.05, 3.63) is 12.7 Å². The van der Waals surface area contributed by atoms with E-state index in [1.807, 2.05) is 6.92 Å². The van der Waals surface area contributed by atoms with E-state index in [0.29, 0.717) is 45.5 Å². The minimum atomic E-state index is -0.774. The van der Waals surface area contributed by atoms with E-state index in [9.17, 15) is 9.90 Å². The molecule has 18 heavy (non-hydrogen) atoms. The zero-order valence-electron chi connectivity index (χ0n) is 11.2. The molecule has 1 aliphatic carbocycles. The smallest absolute Gasteiger partial charge is 0.308 e. The first-order chi connectivity index (χ1) is 8.61. The van der Waals surface area contributed by atoms with Gasteiger partial charge in [-0.25, -0.2) is 0 Å². The van der Waals surface area contributed by atoms with Crippen LogP contribution in [0.5, 0.6) is 0 Å². The summed E-state index contributed by atoms with van der Waals surface area (Å²) in [5, 5.41) is 10.3. The molecule has 0 heterocycles. The van der Waals surface area contributed by atoms with E-state index in [0.717, 1.165) is 6.42 Å². The lowest BCUT2D eigenvalue weighted by atomic mass is 9.79. The Hall–Kier alpha value is -0.870. The van der Waals surface area contributed by atoms with Gasteiger partial charge in [0.05, 0.1) is 31.3 Å². The zero-order valence-corrected chi connectivity index (χ0v) is 11.2. The molecule has 4 heteroatoms. The highest BCUT2D eigenvalue weighted by Gasteiger charge is 2.36. The van der Waals surface area contributed by atoms with Crippen molar-refractivity contribution < 1.29 is 19.4 Å². The van der Waals surface area contributed by atoms with Gasteiger partial charge < -0.3 is 14.6 Å². The lowest BCUT2D eigenvalue weighted by Gasteiger charge is -2.34. The van der Waals surface area contributed by atoms with Gasteiger partial charge in [-0.3, -0.25) is 4.79 Å². The minimum absolute atomic E-state index is 0.0570. The Balaban J connectivity index is 2.28. The summed E-state index contributed by atoms with van der Waals surface area (Å²) in [6, 6.07) is 0. The van der Waals surface area contributed by atoms with E-state index in [1.54, 1.807) is 6.08 Å². The maximum Gasteiger partial charge on any atom is 0.308 e. The summed E-state index contributed by atoms with van der Waals surface area (Å²) in [6.07, 6.45) is 5.15. The lowest BCUT2D eigenvalue weighted by Crippen LogP contribution is -2.40. The average molecular weight is 256 g/mol. The van der Waals surface area contributed by atoms with Gasteiger partial charge in [-0.2, -0.15) is 0 Å². The summed E-state index contributed by atoms with van der Waals surface area (Å²) in [5.74, 6) is -0.189. The highest BCUT2D eigenvalue weighted by atomic mass is 16.5. The van der Waals surface area contributed by atoms with Crippen LogP contribution in [-0.4, -0.2) is 36.5 Å². The Morgan fingerprint density at radius 2 is 2.17 bits per heavy atom. The molecule has 0 saturated heterocycles. The molecule has 0 atom stereocenters. The molecule has 1 aliphatic rings. The number of hydrogen-bond donors (Lipinski definition) is 1. The van der Waals surface area contributed by atoms with E-state index in [1.165, 1.54) is 0 Å². The molecule has 1 rings (SSSR count). The first-order valence-electron chi connectivity index (χ1n) is 6.69. The largest absolute Gasteiger partial charge is 0.466 e. The summed E-state index contributed by atoms with van der Waals surface area (Å²) in [5.41, 5.74) is -0.774. The molecule has 104 valence electrons. The number of carbonyl (C=O) groups excluding carboxylic acids is 1. The van der Waals surface area contributed by atoms with Gasteiger partial charge in [-0.1, -0.05) is 6.08 Å². The fourth-order valence-corrected chi connectivity index (χ4v) is 2.22. The molecule has 4 nitrogen and oxygen atoms in total. The van der Waals surface area contributed by atoms with E-state index < -0.39 is 5.60 Å². The van der Waals surface area contributed by atoms with Crippen LogP contribution in [0.1, 0.15) is 39.0 Å². The molecule has 0 aliphatic heterocycles. The number of hydrogen-bond acceptors (Lipinski definition) is 4. The van der Waals surface area contributed by atoms with Crippen molar-refractivity contribution in [2.45, 2.75) is 44.6 Å². The predicted octanol–water partition coefficient (Wildman–Crippen LogP) is 2.06. The molecule has 1 N–H and O–H groups in total. The number of ether oxygens (including phenoxy) is 2. The van der Waals surface area contributed by atoms with Crippen LogP contribution in [0.25, 0.3) is 0 Å². The maximum atomic E-state index is 11.6. The maximum absolute atomic E-state index is 11.6. The fourth-order valence-electron chi connectivity index (χ4n) is 2.22. The normalized spacial score (nSPS) is 27.8. The van der Waals surface area contributed by atoms with E-state index >= 15 is 0 Å². The summed E-state index contributed by atoms with van der Waals surface area (Å²) < 4.78 is 10.4. The zero-order chi connectivity index (χ0) is 13.4. The Labute approximate surface area is 109 Å². The molecule has 0 aromatic rings. The van der Waals surface area contributed by atoms with Gasteiger partial charge in [0.25, 0.3) is 0 Å².